The summed E-state index contributed by atoms with van der Waals surface area (Å²) in [7, 11) is 1.37. The Hall–Kier alpha value is -2.30. The van der Waals surface area contributed by atoms with Crippen LogP contribution >= 0.6 is 0 Å². The monoisotopic (exact) mass is 696 g/mol. The zero-order chi connectivity index (χ0) is 36.8. The molecule has 6 rings (SSSR count). The first-order valence-corrected chi connectivity index (χ1v) is 19.1. The van der Waals surface area contributed by atoms with Gasteiger partial charge in [-0.1, -0.05) is 74.0 Å². The van der Waals surface area contributed by atoms with Gasteiger partial charge in [-0.2, -0.15) is 5.10 Å². The predicted octanol–water partition coefficient (Wildman–Crippen LogP) is 6.95. The summed E-state index contributed by atoms with van der Waals surface area (Å²) < 4.78 is 20.8. The molecule has 3 N–H and O–H groups in total. The number of carboxylic acids is 1. The highest BCUT2D eigenvalue weighted by atomic mass is 16.5. The molecule has 1 saturated heterocycles. The van der Waals surface area contributed by atoms with Gasteiger partial charge in [0.05, 0.1) is 45.0 Å². The summed E-state index contributed by atoms with van der Waals surface area (Å²) in [6, 6.07) is -0.311. The van der Waals surface area contributed by atoms with Gasteiger partial charge in [-0.3, -0.25) is 4.79 Å². The van der Waals surface area contributed by atoms with E-state index in [0.717, 1.165) is 25.7 Å². The highest BCUT2D eigenvalue weighted by molar-refractivity contribution is 5.85. The van der Waals surface area contributed by atoms with Crippen LogP contribution in [0.25, 0.3) is 0 Å². The van der Waals surface area contributed by atoms with E-state index in [2.05, 4.69) is 78.5 Å². The van der Waals surface area contributed by atoms with E-state index in [1.807, 2.05) is 6.92 Å². The topological polar surface area (TPSA) is 139 Å². The second-order valence-electron chi connectivity index (χ2n) is 19.1. The van der Waals surface area contributed by atoms with Crippen LogP contribution in [-0.4, -0.2) is 70.4 Å². The third kappa shape index (κ3) is 5.11. The summed E-state index contributed by atoms with van der Waals surface area (Å²) in [6.07, 6.45) is 8.73. The van der Waals surface area contributed by atoms with Crippen molar-refractivity contribution in [3.05, 3.63) is 23.8 Å². The fourth-order valence-electron chi connectivity index (χ4n) is 12.3. The van der Waals surface area contributed by atoms with Crippen molar-refractivity contribution < 1.29 is 28.9 Å². The number of carbonyl (C=O) groups excluding carboxylic acids is 1. The minimum atomic E-state index is -0.665. The fourth-order valence-corrected chi connectivity index (χ4v) is 12.3. The van der Waals surface area contributed by atoms with E-state index in [1.165, 1.54) is 19.0 Å². The van der Waals surface area contributed by atoms with E-state index in [0.29, 0.717) is 38.6 Å². The lowest BCUT2D eigenvalue weighted by molar-refractivity contribution is -0.254. The molecular formula is C40H64N4O6. The quantitative estimate of drug-likeness (QED) is 0.207. The molecular weight excluding hydrogens is 632 g/mol. The minimum Gasteiger partial charge on any atom is -0.481 e. The molecule has 0 unspecified atom stereocenters. The molecule has 4 fully saturated rings. The van der Waals surface area contributed by atoms with Crippen molar-refractivity contribution in [2.45, 2.75) is 125 Å². The number of allylic oxidation sites excluding steroid dienone is 1. The Bertz CT molecular complexity index is 1520. The molecule has 1 aromatic rings. The number of esters is 1. The number of hydrogen-bond donors (Lipinski definition) is 2. The van der Waals surface area contributed by atoms with Crippen molar-refractivity contribution in [2.75, 3.05) is 26.9 Å². The van der Waals surface area contributed by atoms with Crippen LogP contribution < -0.4 is 5.73 Å². The summed E-state index contributed by atoms with van der Waals surface area (Å²) in [5.41, 5.74) is 5.95. The van der Waals surface area contributed by atoms with Crippen molar-refractivity contribution in [1.29, 1.82) is 0 Å². The van der Waals surface area contributed by atoms with Crippen LogP contribution in [0, 0.1) is 62.6 Å². The zero-order valence-electron chi connectivity index (χ0n) is 32.5. The standard InChI is InChI=1S/C40H64N4O6/c1-23(2)25(5)36(7)16-17-37(8)26-12-13-29-35(6)18-28(44-32(34(47)48-11)42-22-43-44)31(50-20-39(10,41)24(3)4)40(29,21-49-19-35)27(26)14-15-38(37,9)30(36)33(45)46/h14,22-26,28-31H,12-13,15-21,41H2,1-11H3,(H,45,46)/t25-,26+,28-,29-,30-,31+,35-,36-,37-,38+,39+,40+/m1/s1. The molecule has 12 atom stereocenters. The number of carbonyl (C=O) groups is 2. The first-order chi connectivity index (χ1) is 23.2. The van der Waals surface area contributed by atoms with E-state index in [9.17, 15) is 14.7 Å². The average Bonchev–Trinajstić information content (AvgIpc) is 3.53. The van der Waals surface area contributed by atoms with Crippen LogP contribution in [0.5, 0.6) is 0 Å². The molecule has 0 spiro atoms. The van der Waals surface area contributed by atoms with E-state index in [4.69, 9.17) is 19.9 Å². The van der Waals surface area contributed by atoms with Crippen molar-refractivity contribution in [2.24, 2.45) is 68.3 Å². The number of methoxy groups -OCH3 is 1. The Morgan fingerprint density at radius 3 is 2.42 bits per heavy atom. The lowest BCUT2D eigenvalue weighted by atomic mass is 9.34. The molecule has 0 aromatic carbocycles. The van der Waals surface area contributed by atoms with Crippen LogP contribution in [0.4, 0.5) is 0 Å². The Kier molecular flexibility index (Phi) is 9.29. The molecule has 4 aliphatic carbocycles. The molecule has 1 aliphatic heterocycles. The summed E-state index contributed by atoms with van der Waals surface area (Å²) in [5.74, 6) is -0.220. The van der Waals surface area contributed by atoms with Gasteiger partial charge in [0.1, 0.15) is 6.33 Å². The SMILES string of the molecule is COC(=O)c1ncnn1[C@@H]1C[C@]2(C)COC[C@@]3(C4=CC[C@@]5(C)[C@H](C(=O)O)[C@@](C)([C@H](C)C(C)C)CC[C@]5(C)[C@H]4CC[C@H]23)[C@H]1OC[C@](C)(N)C(C)C. The number of aliphatic carboxylic acids is 1. The highest BCUT2D eigenvalue weighted by Crippen LogP contribution is 2.75. The lowest BCUT2D eigenvalue weighted by Crippen LogP contribution is -2.70. The first-order valence-electron chi connectivity index (χ1n) is 19.1. The van der Waals surface area contributed by atoms with Gasteiger partial charge in [0.25, 0.3) is 0 Å². The first kappa shape index (κ1) is 37.5. The number of fused-ring (bicyclic) bond motifs is 3. The largest absolute Gasteiger partial charge is 0.481 e. The number of nitrogens with two attached hydrogens (primary N) is 1. The second-order valence-corrected chi connectivity index (χ2v) is 19.1. The van der Waals surface area contributed by atoms with Crippen molar-refractivity contribution in [3.8, 4) is 0 Å². The molecule has 2 heterocycles. The van der Waals surface area contributed by atoms with Crippen LogP contribution in [0.15, 0.2) is 18.0 Å². The van der Waals surface area contributed by atoms with E-state index in [1.54, 1.807) is 4.68 Å². The fraction of sp³-hybridized carbons (Fsp3) is 0.850. The van der Waals surface area contributed by atoms with Gasteiger partial charge in [-0.05, 0) is 96.7 Å². The summed E-state index contributed by atoms with van der Waals surface area (Å²) in [5, 5.41) is 15.8. The molecule has 0 radical (unpaired) electrons. The third-order valence-electron chi connectivity index (χ3n) is 16.2. The molecule has 280 valence electrons. The van der Waals surface area contributed by atoms with Gasteiger partial charge in [0.15, 0.2) is 0 Å². The predicted molar refractivity (Wildman–Crippen MR) is 191 cm³/mol. The summed E-state index contributed by atoms with van der Waals surface area (Å²) >= 11 is 0. The van der Waals surface area contributed by atoms with Gasteiger partial charge < -0.3 is 25.1 Å². The number of carboxylic acid groups (broad SMARTS) is 1. The Balaban J connectivity index is 1.54. The molecule has 2 bridgehead atoms. The molecule has 0 amide bonds. The second kappa shape index (κ2) is 12.4. The Labute approximate surface area is 299 Å². The lowest BCUT2D eigenvalue weighted by Gasteiger charge is -2.71. The minimum absolute atomic E-state index is 0.166. The number of aromatic nitrogens is 3. The van der Waals surface area contributed by atoms with Gasteiger partial charge in [-0.25, -0.2) is 14.5 Å². The molecule has 1 aromatic heterocycles. The molecule has 3 saturated carbocycles. The van der Waals surface area contributed by atoms with Crippen molar-refractivity contribution in [3.63, 3.8) is 0 Å². The maximum absolute atomic E-state index is 13.5. The maximum atomic E-state index is 13.5. The number of rotatable bonds is 9. The van der Waals surface area contributed by atoms with Crippen LogP contribution in [0.2, 0.25) is 0 Å². The van der Waals surface area contributed by atoms with Gasteiger partial charge >= 0.3 is 11.9 Å². The average molecular weight is 697 g/mol. The van der Waals surface area contributed by atoms with Crippen molar-refractivity contribution >= 4 is 11.9 Å². The number of hydrogen-bond acceptors (Lipinski definition) is 8. The van der Waals surface area contributed by atoms with E-state index >= 15 is 0 Å². The molecule has 10 nitrogen and oxygen atoms in total. The van der Waals surface area contributed by atoms with Gasteiger partial charge in [-0.15, -0.1) is 0 Å². The van der Waals surface area contributed by atoms with Crippen LogP contribution in [0.3, 0.4) is 0 Å². The Morgan fingerprint density at radius 1 is 1.10 bits per heavy atom. The maximum Gasteiger partial charge on any atom is 0.375 e. The van der Waals surface area contributed by atoms with Gasteiger partial charge in [0.2, 0.25) is 5.82 Å². The van der Waals surface area contributed by atoms with E-state index < -0.39 is 40.3 Å². The molecule has 50 heavy (non-hydrogen) atoms. The molecule has 5 aliphatic rings. The summed E-state index contributed by atoms with van der Waals surface area (Å²) in [4.78, 5) is 31.0. The van der Waals surface area contributed by atoms with Crippen LogP contribution in [0.1, 0.15) is 124 Å². The normalized spacial score (nSPS) is 42.8. The highest BCUT2D eigenvalue weighted by Gasteiger charge is 2.73. The third-order valence-corrected chi connectivity index (χ3v) is 16.2. The Morgan fingerprint density at radius 2 is 1.80 bits per heavy atom. The smallest absolute Gasteiger partial charge is 0.375 e. The zero-order valence-corrected chi connectivity index (χ0v) is 32.5. The number of ether oxygens (including phenoxy) is 3. The molecule has 10 heteroatoms. The van der Waals surface area contributed by atoms with Crippen LogP contribution in [-0.2, 0) is 19.0 Å². The van der Waals surface area contributed by atoms with Crippen molar-refractivity contribution in [1.82, 2.24) is 14.8 Å². The summed E-state index contributed by atoms with van der Waals surface area (Å²) in [6.45, 7) is 23.7. The van der Waals surface area contributed by atoms with Gasteiger partial charge in [0, 0.05) is 11.0 Å². The number of nitrogens with zero attached hydrogens (tertiary/aromatic N) is 3. The van der Waals surface area contributed by atoms with E-state index in [-0.39, 0.29) is 51.8 Å².